The second-order valence-electron chi connectivity index (χ2n) is 5.98. The van der Waals surface area contributed by atoms with E-state index < -0.39 is 17.9 Å². The van der Waals surface area contributed by atoms with Crippen LogP contribution in [0.2, 0.25) is 5.02 Å². The van der Waals surface area contributed by atoms with Crippen LogP contribution in [0.3, 0.4) is 0 Å². The molecule has 0 bridgehead atoms. The maximum absolute atomic E-state index is 13.1. The summed E-state index contributed by atoms with van der Waals surface area (Å²) >= 11 is 5.68. The van der Waals surface area contributed by atoms with E-state index in [2.05, 4.69) is 5.32 Å². The zero-order valence-electron chi connectivity index (χ0n) is 15.6. The lowest BCUT2D eigenvalue weighted by Crippen LogP contribution is -2.36. The Morgan fingerprint density at radius 2 is 1.93 bits per heavy atom. The molecule has 0 radical (unpaired) electrons. The summed E-state index contributed by atoms with van der Waals surface area (Å²) in [6.07, 6.45) is 2.29. The molecule has 0 aliphatic rings. The standard InChI is InChI=1S/C21H21ClFNO4/c1-14(21(26)24-12-11-15-3-7-17(27-2)8-4-15)28-20(25)10-6-16-5-9-19(23)18(22)13-16/h3-10,13-14H,11-12H2,1-2H3,(H,24,26)/b10-6+/t14-/m1/s1. The molecule has 1 amide bonds. The summed E-state index contributed by atoms with van der Waals surface area (Å²) in [5, 5.41) is 2.68. The van der Waals surface area contributed by atoms with E-state index in [0.29, 0.717) is 18.5 Å². The summed E-state index contributed by atoms with van der Waals surface area (Å²) in [4.78, 5) is 23.9. The monoisotopic (exact) mass is 405 g/mol. The number of amides is 1. The number of esters is 1. The third-order valence-electron chi connectivity index (χ3n) is 3.89. The van der Waals surface area contributed by atoms with Crippen LogP contribution in [-0.4, -0.2) is 31.6 Å². The molecule has 0 saturated heterocycles. The molecule has 0 fully saturated rings. The third-order valence-corrected chi connectivity index (χ3v) is 4.18. The van der Waals surface area contributed by atoms with Crippen LogP contribution < -0.4 is 10.1 Å². The van der Waals surface area contributed by atoms with Crippen LogP contribution in [0.5, 0.6) is 5.75 Å². The number of carbonyl (C=O) groups excluding carboxylic acids is 2. The number of nitrogens with one attached hydrogen (secondary N) is 1. The Kier molecular flexibility index (Phi) is 8.02. The topological polar surface area (TPSA) is 64.6 Å². The van der Waals surface area contributed by atoms with Gasteiger partial charge in [-0.2, -0.15) is 0 Å². The van der Waals surface area contributed by atoms with Crippen LogP contribution in [0.25, 0.3) is 6.08 Å². The van der Waals surface area contributed by atoms with Crippen LogP contribution >= 0.6 is 11.6 Å². The molecule has 0 saturated carbocycles. The van der Waals surface area contributed by atoms with E-state index in [9.17, 15) is 14.0 Å². The lowest BCUT2D eigenvalue weighted by Gasteiger charge is -2.12. The molecule has 2 rings (SSSR count). The van der Waals surface area contributed by atoms with E-state index in [0.717, 1.165) is 17.4 Å². The quantitative estimate of drug-likeness (QED) is 0.536. The molecule has 0 unspecified atom stereocenters. The molecule has 5 nitrogen and oxygen atoms in total. The summed E-state index contributed by atoms with van der Waals surface area (Å²) < 4.78 is 23.3. The van der Waals surface area contributed by atoms with Crippen molar-refractivity contribution in [3.63, 3.8) is 0 Å². The molecule has 148 valence electrons. The minimum Gasteiger partial charge on any atom is -0.497 e. The van der Waals surface area contributed by atoms with Crippen LogP contribution in [0, 0.1) is 5.82 Å². The van der Waals surface area contributed by atoms with Crippen molar-refractivity contribution in [2.75, 3.05) is 13.7 Å². The molecule has 1 atom stereocenters. The molecule has 7 heteroatoms. The van der Waals surface area contributed by atoms with Crippen molar-refractivity contribution in [1.29, 1.82) is 0 Å². The molecule has 28 heavy (non-hydrogen) atoms. The van der Waals surface area contributed by atoms with Crippen molar-refractivity contribution in [1.82, 2.24) is 5.32 Å². The SMILES string of the molecule is COc1ccc(CCNC(=O)[C@@H](C)OC(=O)/C=C/c2ccc(F)c(Cl)c2)cc1. The summed E-state index contributed by atoms with van der Waals surface area (Å²) in [7, 11) is 1.60. The van der Waals surface area contributed by atoms with Crippen LogP contribution in [0.1, 0.15) is 18.1 Å². The van der Waals surface area contributed by atoms with Gasteiger partial charge in [-0.05, 0) is 54.8 Å². The highest BCUT2D eigenvalue weighted by atomic mass is 35.5. The maximum Gasteiger partial charge on any atom is 0.331 e. The van der Waals surface area contributed by atoms with Gasteiger partial charge in [0.2, 0.25) is 0 Å². The van der Waals surface area contributed by atoms with Gasteiger partial charge >= 0.3 is 5.97 Å². The Labute approximate surface area is 168 Å². The Morgan fingerprint density at radius 1 is 1.21 bits per heavy atom. The predicted molar refractivity (Wildman–Crippen MR) is 106 cm³/mol. The van der Waals surface area contributed by atoms with E-state index in [-0.39, 0.29) is 10.9 Å². The van der Waals surface area contributed by atoms with Crippen LogP contribution in [0.4, 0.5) is 4.39 Å². The lowest BCUT2D eigenvalue weighted by molar-refractivity contribution is -0.150. The number of hydrogen-bond donors (Lipinski definition) is 1. The second-order valence-corrected chi connectivity index (χ2v) is 6.38. The van der Waals surface area contributed by atoms with Crippen molar-refractivity contribution in [2.24, 2.45) is 0 Å². The first-order chi connectivity index (χ1) is 13.4. The minimum atomic E-state index is -0.940. The molecular formula is C21H21ClFNO4. The lowest BCUT2D eigenvalue weighted by atomic mass is 10.1. The molecule has 2 aromatic carbocycles. The summed E-state index contributed by atoms with van der Waals surface area (Å²) in [6, 6.07) is 11.6. The Hall–Kier alpha value is -2.86. The fourth-order valence-electron chi connectivity index (χ4n) is 2.31. The van der Waals surface area contributed by atoms with E-state index >= 15 is 0 Å². The average Bonchev–Trinajstić information content (AvgIpc) is 2.69. The third kappa shape index (κ3) is 6.70. The predicted octanol–water partition coefficient (Wildman–Crippen LogP) is 3.79. The number of rotatable bonds is 8. The van der Waals surface area contributed by atoms with Gasteiger partial charge in [-0.15, -0.1) is 0 Å². The van der Waals surface area contributed by atoms with Crippen molar-refractivity contribution in [3.05, 3.63) is 70.5 Å². The van der Waals surface area contributed by atoms with Crippen molar-refractivity contribution >= 4 is 29.6 Å². The molecule has 2 aromatic rings. The first-order valence-electron chi connectivity index (χ1n) is 8.63. The molecule has 0 heterocycles. The smallest absolute Gasteiger partial charge is 0.331 e. The fraction of sp³-hybridized carbons (Fsp3) is 0.238. The Morgan fingerprint density at radius 3 is 2.57 bits per heavy atom. The van der Waals surface area contributed by atoms with Gasteiger partial charge in [-0.3, -0.25) is 4.79 Å². The second kappa shape index (κ2) is 10.5. The van der Waals surface area contributed by atoms with E-state index in [4.69, 9.17) is 21.1 Å². The highest BCUT2D eigenvalue weighted by molar-refractivity contribution is 6.30. The van der Waals surface area contributed by atoms with Crippen LogP contribution in [0.15, 0.2) is 48.5 Å². The zero-order chi connectivity index (χ0) is 20.5. The first-order valence-corrected chi connectivity index (χ1v) is 9.01. The average molecular weight is 406 g/mol. The number of methoxy groups -OCH3 is 1. The highest BCUT2D eigenvalue weighted by Crippen LogP contribution is 2.17. The fourth-order valence-corrected chi connectivity index (χ4v) is 2.50. The first kappa shape index (κ1) is 21.4. The maximum atomic E-state index is 13.1. The van der Waals surface area contributed by atoms with Gasteiger partial charge in [-0.25, -0.2) is 9.18 Å². The van der Waals surface area contributed by atoms with E-state index in [1.54, 1.807) is 7.11 Å². The van der Waals surface area contributed by atoms with Gasteiger partial charge in [0, 0.05) is 12.6 Å². The summed E-state index contributed by atoms with van der Waals surface area (Å²) in [5.41, 5.74) is 1.59. The zero-order valence-corrected chi connectivity index (χ0v) is 16.3. The molecule has 0 aliphatic heterocycles. The summed E-state index contributed by atoms with van der Waals surface area (Å²) in [5.74, 6) is -0.844. The number of benzene rings is 2. The van der Waals surface area contributed by atoms with Crippen molar-refractivity contribution in [2.45, 2.75) is 19.4 Å². The van der Waals surface area contributed by atoms with Gasteiger partial charge in [0.25, 0.3) is 5.91 Å². The van der Waals surface area contributed by atoms with Crippen molar-refractivity contribution < 1.29 is 23.5 Å². The molecule has 1 N–H and O–H groups in total. The molecule has 0 aliphatic carbocycles. The number of halogens is 2. The Bertz CT molecular complexity index is 852. The molecule has 0 spiro atoms. The van der Waals surface area contributed by atoms with Crippen LogP contribution in [-0.2, 0) is 20.7 Å². The number of hydrogen-bond acceptors (Lipinski definition) is 4. The van der Waals surface area contributed by atoms with E-state index in [1.807, 2.05) is 24.3 Å². The normalized spacial score (nSPS) is 11.9. The number of carbonyl (C=O) groups is 2. The van der Waals surface area contributed by atoms with Crippen molar-refractivity contribution in [3.8, 4) is 5.75 Å². The largest absolute Gasteiger partial charge is 0.497 e. The molecule has 0 aromatic heterocycles. The van der Waals surface area contributed by atoms with E-state index in [1.165, 1.54) is 31.2 Å². The molecular weight excluding hydrogens is 385 g/mol. The summed E-state index contributed by atoms with van der Waals surface area (Å²) in [6.45, 7) is 1.90. The number of ether oxygens (including phenoxy) is 2. The Balaban J connectivity index is 1.76. The van der Waals surface area contributed by atoms with Gasteiger partial charge in [0.15, 0.2) is 6.10 Å². The van der Waals surface area contributed by atoms with Gasteiger partial charge in [0.1, 0.15) is 11.6 Å². The minimum absolute atomic E-state index is 0.0416. The van der Waals surface area contributed by atoms with Gasteiger partial charge in [0.05, 0.1) is 12.1 Å². The van der Waals surface area contributed by atoms with Gasteiger partial charge < -0.3 is 14.8 Å². The highest BCUT2D eigenvalue weighted by Gasteiger charge is 2.15. The van der Waals surface area contributed by atoms with Gasteiger partial charge in [-0.1, -0.05) is 29.8 Å².